The zero-order valence-electron chi connectivity index (χ0n) is 11.0. The van der Waals surface area contributed by atoms with Crippen LogP contribution in [-0.4, -0.2) is 52.7 Å². The summed E-state index contributed by atoms with van der Waals surface area (Å²) in [5.74, 6) is -0.100. The Balaban J connectivity index is 2.65. The van der Waals surface area contributed by atoms with Gasteiger partial charge in [0.05, 0.1) is 19.8 Å². The standard InChI is InChI=1S/C13H18ClNO5/c1-9(20-11-4-2-10(14)3-5-11)12(19)15-13(6-16,7-17)8-18/h2-5,9,16-18H,6-8H2,1H3,(H,15,19). The first-order valence-corrected chi connectivity index (χ1v) is 6.41. The number of hydrogen-bond acceptors (Lipinski definition) is 5. The Morgan fingerprint density at radius 3 is 2.20 bits per heavy atom. The lowest BCUT2D eigenvalue weighted by molar-refractivity contribution is -0.131. The van der Waals surface area contributed by atoms with Gasteiger partial charge in [0.1, 0.15) is 11.3 Å². The molecular weight excluding hydrogens is 286 g/mol. The van der Waals surface area contributed by atoms with E-state index in [0.717, 1.165) is 0 Å². The highest BCUT2D eigenvalue weighted by molar-refractivity contribution is 6.30. The highest BCUT2D eigenvalue weighted by atomic mass is 35.5. The highest BCUT2D eigenvalue weighted by Crippen LogP contribution is 2.17. The lowest BCUT2D eigenvalue weighted by atomic mass is 10.0. The smallest absolute Gasteiger partial charge is 0.261 e. The Morgan fingerprint density at radius 1 is 1.25 bits per heavy atom. The number of aliphatic hydroxyl groups excluding tert-OH is 3. The van der Waals surface area contributed by atoms with Gasteiger partial charge in [0, 0.05) is 5.02 Å². The van der Waals surface area contributed by atoms with Crippen molar-refractivity contribution in [2.75, 3.05) is 19.8 Å². The van der Waals surface area contributed by atoms with Gasteiger partial charge in [-0.3, -0.25) is 4.79 Å². The van der Waals surface area contributed by atoms with E-state index in [0.29, 0.717) is 10.8 Å². The molecule has 0 radical (unpaired) electrons. The summed E-state index contributed by atoms with van der Waals surface area (Å²) < 4.78 is 5.39. The molecule has 0 aliphatic carbocycles. The molecular formula is C13H18ClNO5. The maximum Gasteiger partial charge on any atom is 0.261 e. The van der Waals surface area contributed by atoms with Crippen LogP contribution in [-0.2, 0) is 4.79 Å². The number of aliphatic hydroxyl groups is 3. The lowest BCUT2D eigenvalue weighted by Gasteiger charge is -2.30. The monoisotopic (exact) mass is 303 g/mol. The summed E-state index contributed by atoms with van der Waals surface area (Å²) in [5, 5.41) is 30.3. The molecule has 0 aliphatic rings. The van der Waals surface area contributed by atoms with E-state index < -0.39 is 37.4 Å². The van der Waals surface area contributed by atoms with E-state index in [2.05, 4.69) is 5.32 Å². The Hall–Kier alpha value is -1.34. The molecule has 0 saturated heterocycles. The molecule has 1 aromatic carbocycles. The van der Waals surface area contributed by atoms with Gasteiger partial charge in [-0.25, -0.2) is 0 Å². The Bertz CT molecular complexity index is 425. The average molecular weight is 304 g/mol. The first-order valence-electron chi connectivity index (χ1n) is 6.03. The zero-order chi connectivity index (χ0) is 15.2. The van der Waals surface area contributed by atoms with Crippen LogP contribution in [0.5, 0.6) is 5.75 Å². The van der Waals surface area contributed by atoms with Gasteiger partial charge in [0.15, 0.2) is 6.10 Å². The van der Waals surface area contributed by atoms with Crippen LogP contribution in [0, 0.1) is 0 Å². The molecule has 7 heteroatoms. The predicted molar refractivity (Wildman–Crippen MR) is 73.7 cm³/mol. The summed E-state index contributed by atoms with van der Waals surface area (Å²) in [6.45, 7) is -0.237. The topological polar surface area (TPSA) is 99.0 Å². The van der Waals surface area contributed by atoms with Crippen LogP contribution in [0.15, 0.2) is 24.3 Å². The van der Waals surface area contributed by atoms with E-state index in [9.17, 15) is 4.79 Å². The fraction of sp³-hybridized carbons (Fsp3) is 0.462. The number of carbonyl (C=O) groups excluding carboxylic acids is 1. The molecule has 0 spiro atoms. The zero-order valence-corrected chi connectivity index (χ0v) is 11.8. The molecule has 6 nitrogen and oxygen atoms in total. The van der Waals surface area contributed by atoms with Gasteiger partial charge >= 0.3 is 0 Å². The maximum atomic E-state index is 11.9. The van der Waals surface area contributed by atoms with E-state index in [4.69, 9.17) is 31.7 Å². The van der Waals surface area contributed by atoms with Crippen molar-refractivity contribution in [1.82, 2.24) is 5.32 Å². The number of carbonyl (C=O) groups is 1. The third-order valence-electron chi connectivity index (χ3n) is 2.79. The largest absolute Gasteiger partial charge is 0.481 e. The minimum atomic E-state index is -1.46. The predicted octanol–water partition coefficient (Wildman–Crippen LogP) is -0.0608. The molecule has 0 heterocycles. The molecule has 1 atom stereocenters. The fourth-order valence-electron chi connectivity index (χ4n) is 1.40. The van der Waals surface area contributed by atoms with Crippen LogP contribution in [0.25, 0.3) is 0 Å². The number of nitrogens with one attached hydrogen (secondary N) is 1. The van der Waals surface area contributed by atoms with E-state index in [-0.39, 0.29) is 0 Å². The molecule has 0 bridgehead atoms. The molecule has 112 valence electrons. The van der Waals surface area contributed by atoms with Crippen molar-refractivity contribution in [2.45, 2.75) is 18.6 Å². The highest BCUT2D eigenvalue weighted by Gasteiger charge is 2.32. The van der Waals surface area contributed by atoms with Gasteiger partial charge in [-0.1, -0.05) is 11.6 Å². The Morgan fingerprint density at radius 2 is 1.75 bits per heavy atom. The van der Waals surface area contributed by atoms with Crippen molar-refractivity contribution in [3.05, 3.63) is 29.3 Å². The van der Waals surface area contributed by atoms with Crippen molar-refractivity contribution in [3.8, 4) is 5.75 Å². The third-order valence-corrected chi connectivity index (χ3v) is 3.04. The van der Waals surface area contributed by atoms with Crippen molar-refractivity contribution < 1.29 is 24.9 Å². The summed E-state index contributed by atoms with van der Waals surface area (Å²) >= 11 is 5.74. The Kier molecular flexibility index (Phi) is 6.22. The second-order valence-corrected chi connectivity index (χ2v) is 4.89. The molecule has 0 fully saturated rings. The second kappa shape index (κ2) is 7.44. The van der Waals surface area contributed by atoms with Crippen LogP contribution in [0.1, 0.15) is 6.92 Å². The van der Waals surface area contributed by atoms with E-state index in [1.165, 1.54) is 6.92 Å². The van der Waals surface area contributed by atoms with Crippen LogP contribution in [0.4, 0.5) is 0 Å². The summed E-state index contributed by atoms with van der Waals surface area (Å²) in [6.07, 6.45) is -0.861. The molecule has 20 heavy (non-hydrogen) atoms. The van der Waals surface area contributed by atoms with Crippen molar-refractivity contribution in [3.63, 3.8) is 0 Å². The molecule has 4 N–H and O–H groups in total. The molecule has 0 aliphatic heterocycles. The first-order chi connectivity index (χ1) is 9.46. The van der Waals surface area contributed by atoms with Crippen LogP contribution >= 0.6 is 11.6 Å². The third kappa shape index (κ3) is 4.35. The van der Waals surface area contributed by atoms with E-state index >= 15 is 0 Å². The SMILES string of the molecule is CC(Oc1ccc(Cl)cc1)C(=O)NC(CO)(CO)CO. The average Bonchev–Trinajstić information content (AvgIpc) is 2.47. The van der Waals surface area contributed by atoms with Gasteiger partial charge in [-0.2, -0.15) is 0 Å². The van der Waals surface area contributed by atoms with Crippen LogP contribution in [0.2, 0.25) is 5.02 Å². The molecule has 1 unspecified atom stereocenters. The minimum absolute atomic E-state index is 0.458. The molecule has 0 aromatic heterocycles. The van der Waals surface area contributed by atoms with Crippen molar-refractivity contribution in [2.24, 2.45) is 0 Å². The van der Waals surface area contributed by atoms with Gasteiger partial charge in [0.25, 0.3) is 5.91 Å². The summed E-state index contributed by atoms with van der Waals surface area (Å²) in [5.41, 5.74) is -1.46. The minimum Gasteiger partial charge on any atom is -0.481 e. The number of rotatable bonds is 7. The second-order valence-electron chi connectivity index (χ2n) is 4.46. The fourth-order valence-corrected chi connectivity index (χ4v) is 1.53. The van der Waals surface area contributed by atoms with Crippen molar-refractivity contribution >= 4 is 17.5 Å². The number of hydrogen-bond donors (Lipinski definition) is 4. The van der Waals surface area contributed by atoms with Crippen LogP contribution in [0.3, 0.4) is 0 Å². The van der Waals surface area contributed by atoms with Crippen molar-refractivity contribution in [1.29, 1.82) is 0 Å². The quantitative estimate of drug-likeness (QED) is 0.565. The summed E-state index contributed by atoms with van der Waals surface area (Å²) in [7, 11) is 0. The van der Waals surface area contributed by atoms with Crippen LogP contribution < -0.4 is 10.1 Å². The molecule has 1 aromatic rings. The Labute approximate surface area is 121 Å². The number of amides is 1. The lowest BCUT2D eigenvalue weighted by Crippen LogP contribution is -2.59. The van der Waals surface area contributed by atoms with Gasteiger partial charge in [-0.15, -0.1) is 0 Å². The van der Waals surface area contributed by atoms with Gasteiger partial charge < -0.3 is 25.4 Å². The van der Waals surface area contributed by atoms with E-state index in [1.54, 1.807) is 24.3 Å². The van der Waals surface area contributed by atoms with Gasteiger partial charge in [-0.05, 0) is 31.2 Å². The number of halogens is 1. The summed E-state index contributed by atoms with van der Waals surface area (Å²) in [6, 6.07) is 6.48. The van der Waals surface area contributed by atoms with E-state index in [1.807, 2.05) is 0 Å². The molecule has 1 amide bonds. The van der Waals surface area contributed by atoms with Gasteiger partial charge in [0.2, 0.25) is 0 Å². The normalized spacial score (nSPS) is 12.8. The summed E-state index contributed by atoms with van der Waals surface area (Å²) in [4.78, 5) is 11.9. The number of benzene rings is 1. The number of ether oxygens (including phenoxy) is 1. The molecule has 1 rings (SSSR count). The first kappa shape index (κ1) is 16.7. The molecule has 0 saturated carbocycles. The maximum absolute atomic E-state index is 11.9.